The summed E-state index contributed by atoms with van der Waals surface area (Å²) in [7, 11) is 0. The molecule has 0 amide bonds. The molecule has 0 spiro atoms. The SMILES string of the molecule is O=C(O)C(O)c1ccc(F)c(F)c1Cl. The van der Waals surface area contributed by atoms with Crippen molar-refractivity contribution in [2.45, 2.75) is 6.10 Å². The number of rotatable bonds is 2. The van der Waals surface area contributed by atoms with Crippen LogP contribution in [0.15, 0.2) is 12.1 Å². The van der Waals surface area contributed by atoms with E-state index in [4.69, 9.17) is 21.8 Å². The first-order chi connectivity index (χ1) is 6.45. The standard InChI is InChI=1S/C8H5ClF2O3/c9-5-3(7(12)8(13)14)1-2-4(10)6(5)11/h1-2,7,12H,(H,13,14). The molecule has 0 bridgehead atoms. The van der Waals surface area contributed by atoms with Crippen molar-refractivity contribution in [1.29, 1.82) is 0 Å². The number of carboxylic acid groups (broad SMARTS) is 1. The number of halogens is 3. The maximum Gasteiger partial charge on any atom is 0.337 e. The summed E-state index contributed by atoms with van der Waals surface area (Å²) in [6.07, 6.45) is -1.96. The predicted octanol–water partition coefficient (Wildman–Crippen LogP) is 1.74. The van der Waals surface area contributed by atoms with Crippen LogP contribution in [-0.2, 0) is 4.79 Å². The number of carboxylic acids is 1. The molecule has 0 aliphatic heterocycles. The second kappa shape index (κ2) is 3.89. The molecule has 0 fully saturated rings. The number of carbonyl (C=O) groups is 1. The zero-order valence-corrected chi connectivity index (χ0v) is 7.42. The monoisotopic (exact) mass is 222 g/mol. The van der Waals surface area contributed by atoms with E-state index >= 15 is 0 Å². The Kier molecular flexibility index (Phi) is 3.03. The van der Waals surface area contributed by atoms with E-state index in [9.17, 15) is 13.6 Å². The van der Waals surface area contributed by atoms with Crippen LogP contribution < -0.4 is 0 Å². The van der Waals surface area contributed by atoms with Gasteiger partial charge in [0.15, 0.2) is 17.7 Å². The van der Waals surface area contributed by atoms with Crippen LogP contribution in [0.5, 0.6) is 0 Å². The molecule has 1 aromatic rings. The van der Waals surface area contributed by atoms with Crippen molar-refractivity contribution < 1.29 is 23.8 Å². The Labute approximate surface area is 82.5 Å². The number of benzene rings is 1. The topological polar surface area (TPSA) is 57.5 Å². The Morgan fingerprint density at radius 2 is 2.00 bits per heavy atom. The van der Waals surface area contributed by atoms with Crippen LogP contribution in [0.1, 0.15) is 11.7 Å². The number of hydrogen-bond acceptors (Lipinski definition) is 2. The fourth-order valence-corrected chi connectivity index (χ4v) is 1.14. The van der Waals surface area contributed by atoms with E-state index in [1.807, 2.05) is 0 Å². The van der Waals surface area contributed by atoms with Gasteiger partial charge in [0, 0.05) is 5.56 Å². The van der Waals surface area contributed by atoms with E-state index in [0.29, 0.717) is 6.07 Å². The van der Waals surface area contributed by atoms with Gasteiger partial charge >= 0.3 is 5.97 Å². The van der Waals surface area contributed by atoms with Gasteiger partial charge in [0.2, 0.25) is 0 Å². The summed E-state index contributed by atoms with van der Waals surface area (Å²) in [6.45, 7) is 0. The van der Waals surface area contributed by atoms with Gasteiger partial charge in [-0.15, -0.1) is 0 Å². The quantitative estimate of drug-likeness (QED) is 0.750. The average Bonchev–Trinajstić information content (AvgIpc) is 2.13. The van der Waals surface area contributed by atoms with Crippen molar-refractivity contribution in [2.75, 3.05) is 0 Å². The lowest BCUT2D eigenvalue weighted by Crippen LogP contribution is -2.11. The van der Waals surface area contributed by atoms with Gasteiger partial charge in [0.1, 0.15) is 0 Å². The molecule has 1 unspecified atom stereocenters. The fraction of sp³-hybridized carbons (Fsp3) is 0.125. The highest BCUT2D eigenvalue weighted by Crippen LogP contribution is 2.27. The maximum atomic E-state index is 12.8. The van der Waals surface area contributed by atoms with E-state index in [1.54, 1.807) is 0 Å². The van der Waals surface area contributed by atoms with E-state index < -0.39 is 28.7 Å². The smallest absolute Gasteiger partial charge is 0.337 e. The summed E-state index contributed by atoms with van der Waals surface area (Å²) in [5.41, 5.74) is -0.377. The summed E-state index contributed by atoms with van der Waals surface area (Å²) in [5, 5.41) is 16.7. The van der Waals surface area contributed by atoms with Gasteiger partial charge in [0.05, 0.1) is 5.02 Å². The normalized spacial score (nSPS) is 12.6. The van der Waals surface area contributed by atoms with Crippen LogP contribution in [-0.4, -0.2) is 16.2 Å². The van der Waals surface area contributed by atoms with Gasteiger partial charge in [-0.2, -0.15) is 0 Å². The molecule has 1 atom stereocenters. The molecule has 1 rings (SSSR count). The molecule has 0 aromatic heterocycles. The lowest BCUT2D eigenvalue weighted by atomic mass is 10.1. The van der Waals surface area contributed by atoms with E-state index in [2.05, 4.69) is 0 Å². The minimum Gasteiger partial charge on any atom is -0.479 e. The first kappa shape index (κ1) is 10.9. The van der Waals surface area contributed by atoms with Crippen LogP contribution in [0.2, 0.25) is 5.02 Å². The summed E-state index contributed by atoms with van der Waals surface area (Å²) < 4.78 is 25.3. The predicted molar refractivity (Wildman–Crippen MR) is 44.0 cm³/mol. The molecular formula is C8H5ClF2O3. The lowest BCUT2D eigenvalue weighted by Gasteiger charge is -2.08. The van der Waals surface area contributed by atoms with Crippen LogP contribution in [0.3, 0.4) is 0 Å². The van der Waals surface area contributed by atoms with Crippen LogP contribution in [0.25, 0.3) is 0 Å². The molecule has 0 aliphatic carbocycles. The van der Waals surface area contributed by atoms with Gasteiger partial charge < -0.3 is 10.2 Å². The summed E-state index contributed by atoms with van der Waals surface area (Å²) in [6, 6.07) is 1.61. The molecule has 3 nitrogen and oxygen atoms in total. The average molecular weight is 223 g/mol. The van der Waals surface area contributed by atoms with Crippen molar-refractivity contribution in [3.63, 3.8) is 0 Å². The number of aliphatic hydroxyl groups excluding tert-OH is 1. The van der Waals surface area contributed by atoms with Gasteiger partial charge in [-0.1, -0.05) is 17.7 Å². The van der Waals surface area contributed by atoms with Crippen LogP contribution >= 0.6 is 11.6 Å². The molecule has 14 heavy (non-hydrogen) atoms. The number of hydrogen-bond donors (Lipinski definition) is 2. The molecule has 2 N–H and O–H groups in total. The van der Waals surface area contributed by atoms with Crippen LogP contribution in [0, 0.1) is 11.6 Å². The van der Waals surface area contributed by atoms with Crippen molar-refractivity contribution in [1.82, 2.24) is 0 Å². The fourth-order valence-electron chi connectivity index (χ4n) is 0.885. The highest BCUT2D eigenvalue weighted by atomic mass is 35.5. The molecule has 0 heterocycles. The third-order valence-corrected chi connectivity index (χ3v) is 1.98. The zero-order chi connectivity index (χ0) is 10.9. The van der Waals surface area contributed by atoms with Gasteiger partial charge in [-0.05, 0) is 6.07 Å². The highest BCUT2D eigenvalue weighted by molar-refractivity contribution is 6.31. The summed E-state index contributed by atoms with van der Waals surface area (Å²) in [4.78, 5) is 10.3. The van der Waals surface area contributed by atoms with Gasteiger partial charge in [-0.3, -0.25) is 0 Å². The highest BCUT2D eigenvalue weighted by Gasteiger charge is 2.22. The number of aliphatic hydroxyl groups is 1. The Hall–Kier alpha value is -1.20. The molecular weight excluding hydrogens is 218 g/mol. The first-order valence-electron chi connectivity index (χ1n) is 3.49. The minimum absolute atomic E-state index is 0.377. The van der Waals surface area contributed by atoms with Crippen LogP contribution in [0.4, 0.5) is 8.78 Å². The Balaban J connectivity index is 3.24. The Bertz CT molecular complexity index is 381. The van der Waals surface area contributed by atoms with E-state index in [-0.39, 0.29) is 5.56 Å². The summed E-state index contributed by atoms with van der Waals surface area (Å²) >= 11 is 5.30. The Morgan fingerprint density at radius 3 is 2.50 bits per heavy atom. The molecule has 0 aliphatic rings. The number of aliphatic carboxylic acids is 1. The zero-order valence-electron chi connectivity index (χ0n) is 6.67. The van der Waals surface area contributed by atoms with Crippen molar-refractivity contribution in [2.24, 2.45) is 0 Å². The largest absolute Gasteiger partial charge is 0.479 e. The van der Waals surface area contributed by atoms with E-state index in [0.717, 1.165) is 6.07 Å². The Morgan fingerprint density at radius 1 is 1.43 bits per heavy atom. The second-order valence-corrected chi connectivity index (χ2v) is 2.88. The van der Waals surface area contributed by atoms with Gasteiger partial charge in [0.25, 0.3) is 0 Å². The third-order valence-electron chi connectivity index (χ3n) is 1.59. The molecule has 0 radical (unpaired) electrons. The lowest BCUT2D eigenvalue weighted by molar-refractivity contribution is -0.146. The molecule has 1 aromatic carbocycles. The second-order valence-electron chi connectivity index (χ2n) is 2.51. The van der Waals surface area contributed by atoms with Crippen molar-refractivity contribution in [3.05, 3.63) is 34.4 Å². The molecule has 0 saturated carbocycles. The maximum absolute atomic E-state index is 12.8. The third kappa shape index (κ3) is 1.83. The summed E-state index contributed by atoms with van der Waals surface area (Å²) in [5.74, 6) is -4.15. The van der Waals surface area contributed by atoms with Crippen molar-refractivity contribution in [3.8, 4) is 0 Å². The van der Waals surface area contributed by atoms with E-state index in [1.165, 1.54) is 0 Å². The molecule has 0 saturated heterocycles. The van der Waals surface area contributed by atoms with Crippen molar-refractivity contribution >= 4 is 17.6 Å². The molecule has 6 heteroatoms. The molecule has 76 valence electrons. The van der Waals surface area contributed by atoms with Gasteiger partial charge in [-0.25, -0.2) is 13.6 Å². The first-order valence-corrected chi connectivity index (χ1v) is 3.87. The minimum atomic E-state index is -1.96.